The van der Waals surface area contributed by atoms with Gasteiger partial charge in [0.05, 0.1) is 16.4 Å². The van der Waals surface area contributed by atoms with Gasteiger partial charge in [-0.15, -0.1) is 0 Å². The largest absolute Gasteiger partial charge is 0.325 e. The first-order valence-electron chi connectivity index (χ1n) is 4.34. The normalized spacial score (nSPS) is 9.20. The van der Waals surface area contributed by atoms with E-state index in [4.69, 9.17) is 11.6 Å². The zero-order valence-corrected chi connectivity index (χ0v) is 8.84. The monoisotopic (exact) mass is 224 g/mol. The molecule has 0 bridgehead atoms. The van der Waals surface area contributed by atoms with E-state index in [1.54, 1.807) is 19.1 Å². The zero-order valence-electron chi connectivity index (χ0n) is 8.08. The van der Waals surface area contributed by atoms with Gasteiger partial charge >= 0.3 is 0 Å². The molecule has 0 fully saturated rings. The average molecular weight is 225 g/mol. The van der Waals surface area contributed by atoms with Crippen LogP contribution in [0, 0.1) is 0 Å². The first-order valence-corrected chi connectivity index (χ1v) is 4.72. The molecule has 0 aliphatic rings. The Kier molecular flexibility index (Phi) is 4.03. The molecule has 0 atom stereocenters. The highest BCUT2D eigenvalue weighted by atomic mass is 35.5. The van der Waals surface area contributed by atoms with Crippen LogP contribution in [0.3, 0.4) is 0 Å². The van der Waals surface area contributed by atoms with Crippen LogP contribution < -0.4 is 5.32 Å². The summed E-state index contributed by atoms with van der Waals surface area (Å²) in [6, 6.07) is 4.64. The van der Waals surface area contributed by atoms with Crippen molar-refractivity contribution in [2.24, 2.45) is 4.99 Å². The van der Waals surface area contributed by atoms with E-state index in [2.05, 4.69) is 10.3 Å². The van der Waals surface area contributed by atoms with E-state index in [1.165, 1.54) is 12.1 Å². The quantitative estimate of drug-likeness (QED) is 0.634. The Morgan fingerprint density at radius 3 is 2.87 bits per heavy atom. The minimum Gasteiger partial charge on any atom is -0.325 e. The molecule has 5 heteroatoms. The fourth-order valence-corrected chi connectivity index (χ4v) is 1.19. The number of halogens is 1. The van der Waals surface area contributed by atoms with Crippen LogP contribution in [-0.2, 0) is 9.59 Å². The first kappa shape index (κ1) is 11.4. The van der Waals surface area contributed by atoms with Crippen molar-refractivity contribution in [3.8, 4) is 0 Å². The Morgan fingerprint density at radius 1 is 1.60 bits per heavy atom. The van der Waals surface area contributed by atoms with E-state index in [1.807, 2.05) is 0 Å². The number of rotatable bonds is 3. The molecule has 0 aliphatic carbocycles. The second-order valence-corrected chi connectivity index (χ2v) is 3.18. The van der Waals surface area contributed by atoms with Crippen molar-refractivity contribution in [2.75, 3.05) is 5.32 Å². The Bertz CT molecular complexity index is 425. The van der Waals surface area contributed by atoms with Crippen LogP contribution in [0.15, 0.2) is 23.2 Å². The molecule has 0 heterocycles. The summed E-state index contributed by atoms with van der Waals surface area (Å²) in [5, 5.41) is 2.96. The molecule has 0 saturated carbocycles. The van der Waals surface area contributed by atoms with E-state index in [0.29, 0.717) is 22.8 Å². The van der Waals surface area contributed by atoms with Crippen LogP contribution in [0.1, 0.15) is 13.3 Å². The van der Waals surface area contributed by atoms with Crippen molar-refractivity contribution in [1.29, 1.82) is 0 Å². The number of amides is 1. The molecule has 15 heavy (non-hydrogen) atoms. The lowest BCUT2D eigenvalue weighted by atomic mass is 10.2. The molecule has 0 aromatic heterocycles. The van der Waals surface area contributed by atoms with E-state index >= 15 is 0 Å². The third kappa shape index (κ3) is 3.20. The maximum Gasteiger partial charge on any atom is 0.240 e. The summed E-state index contributed by atoms with van der Waals surface area (Å²) >= 11 is 5.86. The van der Waals surface area contributed by atoms with Crippen molar-refractivity contribution in [2.45, 2.75) is 13.3 Å². The van der Waals surface area contributed by atoms with Gasteiger partial charge in [0.15, 0.2) is 0 Å². The summed E-state index contributed by atoms with van der Waals surface area (Å²) < 4.78 is 0. The van der Waals surface area contributed by atoms with E-state index in [0.717, 1.165) is 0 Å². The molecule has 4 nitrogen and oxygen atoms in total. The van der Waals surface area contributed by atoms with Crippen LogP contribution in [0.2, 0.25) is 5.02 Å². The third-order valence-electron chi connectivity index (χ3n) is 1.72. The molecule has 1 amide bonds. The zero-order chi connectivity index (χ0) is 11.3. The van der Waals surface area contributed by atoms with E-state index < -0.39 is 0 Å². The van der Waals surface area contributed by atoms with Crippen molar-refractivity contribution in [3.05, 3.63) is 23.2 Å². The molecular weight excluding hydrogens is 216 g/mol. The average Bonchev–Trinajstić information content (AvgIpc) is 2.22. The minimum absolute atomic E-state index is 0.122. The Hall–Kier alpha value is -1.64. The van der Waals surface area contributed by atoms with Gasteiger partial charge in [-0.05, 0) is 18.2 Å². The summed E-state index contributed by atoms with van der Waals surface area (Å²) in [6.07, 6.45) is 1.79. The minimum atomic E-state index is -0.122. The number of aliphatic imine (C=N–C) groups is 1. The summed E-state index contributed by atoms with van der Waals surface area (Å²) in [5.41, 5.74) is 0.915. The Labute approximate surface area is 92.0 Å². The fourth-order valence-electron chi connectivity index (χ4n) is 0.966. The maximum absolute atomic E-state index is 11.1. The van der Waals surface area contributed by atoms with Crippen molar-refractivity contribution >= 4 is 35.0 Å². The number of carbonyl (C=O) groups excluding carboxylic acids is 2. The van der Waals surface area contributed by atoms with Gasteiger partial charge in [0.1, 0.15) is 0 Å². The summed E-state index contributed by atoms with van der Waals surface area (Å²) in [7, 11) is 0. The van der Waals surface area contributed by atoms with E-state index in [-0.39, 0.29) is 5.91 Å². The number of nitrogens with zero attached hydrogens (tertiary/aromatic N) is 1. The second kappa shape index (κ2) is 5.29. The van der Waals surface area contributed by atoms with Crippen LogP contribution >= 0.6 is 11.6 Å². The van der Waals surface area contributed by atoms with Crippen molar-refractivity contribution < 1.29 is 9.59 Å². The molecule has 78 valence electrons. The number of carbonyl (C=O) groups is 1. The number of isocyanates is 1. The van der Waals surface area contributed by atoms with Crippen molar-refractivity contribution in [3.63, 3.8) is 0 Å². The van der Waals surface area contributed by atoms with Gasteiger partial charge in [0.2, 0.25) is 12.0 Å². The highest BCUT2D eigenvalue weighted by molar-refractivity contribution is 6.34. The number of benzene rings is 1. The molecule has 0 unspecified atom stereocenters. The topological polar surface area (TPSA) is 58.5 Å². The standard InChI is InChI=1S/C10H9ClN2O2/c1-2-10(15)13-9-4-3-7(12-6-14)5-8(9)11/h3-5H,2H2,1H3,(H,13,15). The highest BCUT2D eigenvalue weighted by Crippen LogP contribution is 2.26. The van der Waals surface area contributed by atoms with Crippen LogP contribution in [0.25, 0.3) is 0 Å². The molecule has 0 saturated heterocycles. The molecule has 1 N–H and O–H groups in total. The Balaban J connectivity index is 2.92. The van der Waals surface area contributed by atoms with Gasteiger partial charge in [-0.2, -0.15) is 4.99 Å². The molecule has 1 aromatic rings. The van der Waals surface area contributed by atoms with Gasteiger partial charge in [0, 0.05) is 6.42 Å². The lowest BCUT2D eigenvalue weighted by molar-refractivity contribution is -0.115. The van der Waals surface area contributed by atoms with Gasteiger partial charge in [-0.1, -0.05) is 18.5 Å². The fraction of sp³-hybridized carbons (Fsp3) is 0.200. The molecule has 1 aromatic carbocycles. The van der Waals surface area contributed by atoms with Crippen LogP contribution in [0.5, 0.6) is 0 Å². The third-order valence-corrected chi connectivity index (χ3v) is 2.04. The SMILES string of the molecule is CCC(=O)Nc1ccc(N=C=O)cc1Cl. The predicted octanol–water partition coefficient (Wildman–Crippen LogP) is 2.66. The lowest BCUT2D eigenvalue weighted by Crippen LogP contribution is -2.09. The van der Waals surface area contributed by atoms with Gasteiger partial charge < -0.3 is 5.32 Å². The molecule has 0 radical (unpaired) electrons. The molecule has 0 aliphatic heterocycles. The number of hydrogen-bond donors (Lipinski definition) is 1. The van der Waals surface area contributed by atoms with Gasteiger partial charge in [-0.25, -0.2) is 4.79 Å². The summed E-state index contributed by atoms with van der Waals surface area (Å²) in [6.45, 7) is 1.74. The van der Waals surface area contributed by atoms with Crippen LogP contribution in [0.4, 0.5) is 11.4 Å². The van der Waals surface area contributed by atoms with Crippen LogP contribution in [-0.4, -0.2) is 12.0 Å². The lowest BCUT2D eigenvalue weighted by Gasteiger charge is -2.05. The summed E-state index contributed by atoms with van der Waals surface area (Å²) in [5.74, 6) is -0.122. The van der Waals surface area contributed by atoms with Gasteiger partial charge in [0.25, 0.3) is 0 Å². The number of anilines is 1. The number of hydrogen-bond acceptors (Lipinski definition) is 3. The number of nitrogens with one attached hydrogen (secondary N) is 1. The van der Waals surface area contributed by atoms with Crippen molar-refractivity contribution in [1.82, 2.24) is 0 Å². The van der Waals surface area contributed by atoms with Gasteiger partial charge in [-0.3, -0.25) is 4.79 Å². The first-order chi connectivity index (χ1) is 7.17. The predicted molar refractivity (Wildman–Crippen MR) is 58.2 cm³/mol. The maximum atomic E-state index is 11.1. The molecule has 0 spiro atoms. The highest BCUT2D eigenvalue weighted by Gasteiger charge is 2.04. The summed E-state index contributed by atoms with van der Waals surface area (Å²) in [4.78, 5) is 24.5. The Morgan fingerprint density at radius 2 is 2.33 bits per heavy atom. The second-order valence-electron chi connectivity index (χ2n) is 2.77. The molecular formula is C10H9ClN2O2. The molecule has 1 rings (SSSR count). The van der Waals surface area contributed by atoms with E-state index in [9.17, 15) is 9.59 Å². The smallest absolute Gasteiger partial charge is 0.240 e.